The van der Waals surface area contributed by atoms with Gasteiger partial charge in [0.25, 0.3) is 0 Å². The molecule has 3 N–H and O–H groups in total. The molecule has 5 heteroatoms. The van der Waals surface area contributed by atoms with Gasteiger partial charge >= 0.3 is 0 Å². The van der Waals surface area contributed by atoms with Crippen molar-refractivity contribution in [3.05, 3.63) is 0 Å². The second kappa shape index (κ2) is 6.82. The van der Waals surface area contributed by atoms with Gasteiger partial charge in [-0.15, -0.1) is 0 Å². The van der Waals surface area contributed by atoms with Crippen molar-refractivity contribution in [2.24, 2.45) is 11.7 Å². The number of nitrogens with one attached hydrogen (secondary N) is 1. The molecule has 2 unspecified atom stereocenters. The average molecular weight is 190 g/mol. The number of carbonyl (C=O) groups excluding carboxylic acids is 1. The lowest BCUT2D eigenvalue weighted by Gasteiger charge is -2.14. The molecule has 13 heavy (non-hydrogen) atoms. The average Bonchev–Trinajstić information content (AvgIpc) is 2.10. The number of methoxy groups -OCH3 is 1. The molecule has 0 rings (SSSR count). The van der Waals surface area contributed by atoms with E-state index in [1.54, 1.807) is 21.0 Å². The van der Waals surface area contributed by atoms with E-state index >= 15 is 0 Å². The second-order valence-electron chi connectivity index (χ2n) is 2.96. The summed E-state index contributed by atoms with van der Waals surface area (Å²) in [7, 11) is 1.57. The molecule has 0 saturated heterocycles. The summed E-state index contributed by atoms with van der Waals surface area (Å²) in [5, 5.41) is 0. The normalized spacial score (nSPS) is 15.1. The lowest BCUT2D eigenvalue weighted by atomic mass is 10.0. The van der Waals surface area contributed by atoms with Crippen molar-refractivity contribution in [3.8, 4) is 0 Å². The fourth-order valence-electron chi connectivity index (χ4n) is 0.579. The zero-order chi connectivity index (χ0) is 10.3. The van der Waals surface area contributed by atoms with Crippen molar-refractivity contribution in [2.75, 3.05) is 20.3 Å². The van der Waals surface area contributed by atoms with Gasteiger partial charge in [0.05, 0.1) is 19.1 Å². The highest BCUT2D eigenvalue weighted by Gasteiger charge is 2.16. The molecule has 0 bridgehead atoms. The van der Waals surface area contributed by atoms with Gasteiger partial charge in [0.15, 0.2) is 0 Å². The van der Waals surface area contributed by atoms with Gasteiger partial charge in [0.1, 0.15) is 0 Å². The third kappa shape index (κ3) is 5.57. The lowest BCUT2D eigenvalue weighted by molar-refractivity contribution is -0.138. The summed E-state index contributed by atoms with van der Waals surface area (Å²) in [4.78, 5) is 16.0. The van der Waals surface area contributed by atoms with Crippen LogP contribution in [0.1, 0.15) is 13.8 Å². The van der Waals surface area contributed by atoms with E-state index in [0.717, 1.165) is 0 Å². The van der Waals surface area contributed by atoms with Gasteiger partial charge in [0, 0.05) is 13.2 Å². The molecule has 0 heterocycles. The van der Waals surface area contributed by atoms with Crippen LogP contribution < -0.4 is 11.2 Å². The minimum absolute atomic E-state index is 0.175. The van der Waals surface area contributed by atoms with Gasteiger partial charge < -0.3 is 10.5 Å². The number of nitrogens with two attached hydrogens (primary N) is 1. The van der Waals surface area contributed by atoms with E-state index in [2.05, 4.69) is 5.48 Å². The number of rotatable bonds is 6. The molecule has 1 amide bonds. The van der Waals surface area contributed by atoms with E-state index in [1.807, 2.05) is 0 Å². The van der Waals surface area contributed by atoms with Gasteiger partial charge in [-0.2, -0.15) is 0 Å². The summed E-state index contributed by atoms with van der Waals surface area (Å²) < 4.78 is 4.73. The summed E-state index contributed by atoms with van der Waals surface area (Å²) in [6.45, 7) is 4.32. The SMILES string of the molecule is COCCONC(=O)C(C)C(C)N. The third-order valence-corrected chi connectivity index (χ3v) is 1.76. The molecule has 78 valence electrons. The quantitative estimate of drug-likeness (QED) is 0.444. The van der Waals surface area contributed by atoms with E-state index in [9.17, 15) is 4.79 Å². The maximum Gasteiger partial charge on any atom is 0.247 e. The number of hydroxylamine groups is 1. The van der Waals surface area contributed by atoms with Crippen LogP contribution in [0.3, 0.4) is 0 Å². The molecule has 0 aliphatic rings. The van der Waals surface area contributed by atoms with E-state index in [0.29, 0.717) is 13.2 Å². The minimum Gasteiger partial charge on any atom is -0.382 e. The fraction of sp³-hybridized carbons (Fsp3) is 0.875. The first-order valence-corrected chi connectivity index (χ1v) is 4.25. The van der Waals surface area contributed by atoms with E-state index in [1.165, 1.54) is 0 Å². The van der Waals surface area contributed by atoms with Crippen molar-refractivity contribution < 1.29 is 14.4 Å². The monoisotopic (exact) mass is 190 g/mol. The van der Waals surface area contributed by atoms with Crippen molar-refractivity contribution in [1.82, 2.24) is 5.48 Å². The molecule has 0 aromatic heterocycles. The molecule has 5 nitrogen and oxygen atoms in total. The highest BCUT2D eigenvalue weighted by molar-refractivity contribution is 5.77. The molecule has 2 atom stereocenters. The molecule has 0 aromatic carbocycles. The summed E-state index contributed by atoms with van der Waals surface area (Å²) >= 11 is 0. The van der Waals surface area contributed by atoms with Gasteiger partial charge in [-0.1, -0.05) is 6.92 Å². The Balaban J connectivity index is 3.50. The van der Waals surface area contributed by atoms with Crippen LogP contribution in [-0.4, -0.2) is 32.3 Å². The Morgan fingerprint density at radius 1 is 1.46 bits per heavy atom. The van der Waals surface area contributed by atoms with Crippen LogP contribution >= 0.6 is 0 Å². The molecule has 0 fully saturated rings. The van der Waals surface area contributed by atoms with Gasteiger partial charge in [-0.3, -0.25) is 9.63 Å². The van der Waals surface area contributed by atoms with Crippen LogP contribution in [0.4, 0.5) is 0 Å². The topological polar surface area (TPSA) is 73.6 Å². The highest BCUT2D eigenvalue weighted by atomic mass is 16.7. The highest BCUT2D eigenvalue weighted by Crippen LogP contribution is 1.98. The Kier molecular flexibility index (Phi) is 6.48. The lowest BCUT2D eigenvalue weighted by Crippen LogP contribution is -2.38. The minimum atomic E-state index is -0.248. The van der Waals surface area contributed by atoms with Crippen LogP contribution in [0.2, 0.25) is 0 Å². The predicted molar refractivity (Wildman–Crippen MR) is 48.8 cm³/mol. The molecule has 0 aromatic rings. The van der Waals surface area contributed by atoms with Crippen molar-refractivity contribution in [3.63, 3.8) is 0 Å². The van der Waals surface area contributed by atoms with Crippen LogP contribution in [0.15, 0.2) is 0 Å². The first kappa shape index (κ1) is 12.3. The Morgan fingerprint density at radius 2 is 2.08 bits per heavy atom. The molecule has 0 aliphatic carbocycles. The van der Waals surface area contributed by atoms with Gasteiger partial charge in [-0.05, 0) is 6.92 Å². The molecule has 0 radical (unpaired) electrons. The van der Waals surface area contributed by atoms with Crippen LogP contribution in [0.5, 0.6) is 0 Å². The molecule has 0 saturated carbocycles. The third-order valence-electron chi connectivity index (χ3n) is 1.76. The van der Waals surface area contributed by atoms with Crippen molar-refractivity contribution in [2.45, 2.75) is 19.9 Å². The number of carbonyl (C=O) groups is 1. The second-order valence-corrected chi connectivity index (χ2v) is 2.96. The number of hydrogen-bond acceptors (Lipinski definition) is 4. The number of hydrogen-bond donors (Lipinski definition) is 2. The Bertz CT molecular complexity index is 150. The van der Waals surface area contributed by atoms with Gasteiger partial charge in [-0.25, -0.2) is 5.48 Å². The Morgan fingerprint density at radius 3 is 2.54 bits per heavy atom. The summed E-state index contributed by atoms with van der Waals surface area (Å²) in [5.41, 5.74) is 7.83. The van der Waals surface area contributed by atoms with E-state index in [-0.39, 0.29) is 17.9 Å². The summed E-state index contributed by atoms with van der Waals surface area (Å²) in [6.07, 6.45) is 0. The fourth-order valence-corrected chi connectivity index (χ4v) is 0.579. The van der Waals surface area contributed by atoms with Crippen LogP contribution in [-0.2, 0) is 14.4 Å². The molecular weight excluding hydrogens is 172 g/mol. The van der Waals surface area contributed by atoms with E-state index < -0.39 is 0 Å². The zero-order valence-electron chi connectivity index (χ0n) is 8.37. The molecule has 0 spiro atoms. The van der Waals surface area contributed by atoms with E-state index in [4.69, 9.17) is 15.3 Å². The number of amides is 1. The largest absolute Gasteiger partial charge is 0.382 e. The van der Waals surface area contributed by atoms with Crippen molar-refractivity contribution >= 4 is 5.91 Å². The maximum absolute atomic E-state index is 11.2. The Labute approximate surface area is 78.5 Å². The number of ether oxygens (including phenoxy) is 1. The molecule has 0 aliphatic heterocycles. The smallest absolute Gasteiger partial charge is 0.247 e. The van der Waals surface area contributed by atoms with Crippen LogP contribution in [0.25, 0.3) is 0 Å². The maximum atomic E-state index is 11.2. The van der Waals surface area contributed by atoms with Gasteiger partial charge in [0.2, 0.25) is 5.91 Å². The molecular formula is C8H18N2O3. The predicted octanol–water partition coefficient (Wildman–Crippen LogP) is -0.336. The van der Waals surface area contributed by atoms with Crippen molar-refractivity contribution in [1.29, 1.82) is 0 Å². The standard InChI is InChI=1S/C8H18N2O3/c1-6(7(2)9)8(11)10-13-5-4-12-3/h6-7H,4-5,9H2,1-3H3,(H,10,11). The first-order chi connectivity index (χ1) is 6.09. The first-order valence-electron chi connectivity index (χ1n) is 4.25. The summed E-state index contributed by atoms with van der Waals surface area (Å²) in [5.74, 6) is -0.450. The van der Waals surface area contributed by atoms with Crippen LogP contribution in [0, 0.1) is 5.92 Å². The zero-order valence-corrected chi connectivity index (χ0v) is 8.37. The Hall–Kier alpha value is -0.650. The summed E-state index contributed by atoms with van der Waals surface area (Å²) in [6, 6.07) is -0.175.